The highest BCUT2D eigenvalue weighted by Gasteiger charge is 2.38. The van der Waals surface area contributed by atoms with Crippen molar-refractivity contribution in [2.75, 3.05) is 42.6 Å². The molecule has 0 bridgehead atoms. The number of carbonyl (C=O) groups is 1. The van der Waals surface area contributed by atoms with Crippen LogP contribution in [0, 0.1) is 6.92 Å². The summed E-state index contributed by atoms with van der Waals surface area (Å²) >= 11 is 1.48. The summed E-state index contributed by atoms with van der Waals surface area (Å²) in [5.74, 6) is 0.487. The first-order valence-corrected chi connectivity index (χ1v) is 15.1. The number of anilines is 2. The highest BCUT2D eigenvalue weighted by atomic mass is 32.2. The third-order valence-corrected chi connectivity index (χ3v) is 9.13. The van der Waals surface area contributed by atoms with Crippen molar-refractivity contribution in [3.63, 3.8) is 0 Å². The molecule has 3 aliphatic heterocycles. The van der Waals surface area contributed by atoms with E-state index >= 15 is 0 Å². The van der Waals surface area contributed by atoms with E-state index in [9.17, 15) is 4.79 Å². The van der Waals surface area contributed by atoms with Gasteiger partial charge in [-0.15, -0.1) is 0 Å². The highest BCUT2D eigenvalue weighted by Crippen LogP contribution is 2.46. The second kappa shape index (κ2) is 11.0. The monoisotopic (exact) mass is 546 g/mol. The van der Waals surface area contributed by atoms with Crippen LogP contribution in [0.25, 0.3) is 6.08 Å². The van der Waals surface area contributed by atoms with Crippen LogP contribution in [0.15, 0.2) is 46.3 Å². The Labute approximate surface area is 238 Å². The van der Waals surface area contributed by atoms with Gasteiger partial charge < -0.3 is 14.5 Å². The molecule has 0 spiro atoms. The molecular formula is C32H42N4O2S. The average Bonchev–Trinajstić information content (AvgIpc) is 3.18. The van der Waals surface area contributed by atoms with E-state index in [4.69, 9.17) is 9.73 Å². The Morgan fingerprint density at radius 2 is 1.85 bits per heavy atom. The molecule has 6 nitrogen and oxygen atoms in total. The van der Waals surface area contributed by atoms with Gasteiger partial charge in [0.15, 0.2) is 5.17 Å². The Bertz CT molecular complexity index is 1290. The van der Waals surface area contributed by atoms with Crippen LogP contribution in [-0.2, 0) is 9.53 Å². The number of likely N-dealkylation sites (N-methyl/N-ethyl adjacent to an activating group) is 1. The predicted molar refractivity (Wildman–Crippen MR) is 165 cm³/mol. The molecule has 2 aromatic rings. The van der Waals surface area contributed by atoms with E-state index in [2.05, 4.69) is 81.7 Å². The summed E-state index contributed by atoms with van der Waals surface area (Å²) in [6, 6.07) is 13.4. The third-order valence-electron chi connectivity index (χ3n) is 8.12. The zero-order valence-electron chi connectivity index (χ0n) is 24.5. The number of aliphatic imine (C=N–C) groups is 1. The van der Waals surface area contributed by atoms with E-state index in [0.717, 1.165) is 54.0 Å². The summed E-state index contributed by atoms with van der Waals surface area (Å²) in [5, 5.41) is 0.740. The minimum Gasteiger partial charge on any atom is -0.378 e. The SMILES string of the molecule is CCN1C(=O)/C(=C/c2cc3c(cc2C)N(C(C)C)C(C)(C)CC3C)SC1=Nc1ccc(N2CCOCC2)cc1. The third kappa shape index (κ3) is 5.48. The van der Waals surface area contributed by atoms with Crippen molar-refractivity contribution in [1.82, 2.24) is 4.90 Å². The summed E-state index contributed by atoms with van der Waals surface area (Å²) in [7, 11) is 0. The minimum atomic E-state index is 0.0290. The van der Waals surface area contributed by atoms with E-state index in [1.165, 1.54) is 34.3 Å². The molecule has 0 N–H and O–H groups in total. The number of aryl methyl sites for hydroxylation is 1. The van der Waals surface area contributed by atoms with Crippen LogP contribution in [0.5, 0.6) is 0 Å². The summed E-state index contributed by atoms with van der Waals surface area (Å²) in [6.45, 7) is 19.7. The molecule has 0 radical (unpaired) electrons. The Kier molecular flexibility index (Phi) is 7.84. The lowest BCUT2D eigenvalue weighted by Gasteiger charge is -2.50. The van der Waals surface area contributed by atoms with Crippen LogP contribution >= 0.6 is 11.8 Å². The van der Waals surface area contributed by atoms with Gasteiger partial charge in [-0.25, -0.2) is 4.99 Å². The van der Waals surface area contributed by atoms with Gasteiger partial charge in [0.2, 0.25) is 0 Å². The largest absolute Gasteiger partial charge is 0.378 e. The maximum Gasteiger partial charge on any atom is 0.266 e. The van der Waals surface area contributed by atoms with Gasteiger partial charge in [0, 0.05) is 42.6 Å². The van der Waals surface area contributed by atoms with Crippen LogP contribution in [0.4, 0.5) is 17.1 Å². The fourth-order valence-corrected chi connectivity index (χ4v) is 7.48. The van der Waals surface area contributed by atoms with Crippen molar-refractivity contribution in [2.24, 2.45) is 4.99 Å². The van der Waals surface area contributed by atoms with Crippen LogP contribution in [-0.4, -0.2) is 60.4 Å². The Morgan fingerprint density at radius 1 is 1.15 bits per heavy atom. The van der Waals surface area contributed by atoms with Crippen molar-refractivity contribution in [2.45, 2.75) is 72.4 Å². The van der Waals surface area contributed by atoms with Gasteiger partial charge in [-0.2, -0.15) is 0 Å². The number of hydrogen-bond donors (Lipinski definition) is 0. The smallest absolute Gasteiger partial charge is 0.266 e. The van der Waals surface area contributed by atoms with Crippen molar-refractivity contribution < 1.29 is 9.53 Å². The first kappa shape index (κ1) is 27.8. The molecule has 3 aliphatic rings. The normalized spacial score (nSPS) is 23.3. The number of amides is 1. The predicted octanol–water partition coefficient (Wildman–Crippen LogP) is 6.96. The molecule has 0 aromatic heterocycles. The molecule has 1 amide bonds. The van der Waals surface area contributed by atoms with E-state index in [1.54, 1.807) is 4.90 Å². The Balaban J connectivity index is 1.43. The molecule has 0 saturated carbocycles. The standard InChI is InChI=1S/C32H42N4O2S/c1-8-35-30(37)29(39-31(35)33-25-9-11-26(12-10-25)34-13-15-38-16-14-34)19-24-18-27-23(5)20-32(6,7)36(21(2)3)28(27)17-22(24)4/h9-12,17-19,21,23H,8,13-16,20H2,1-7H3/b29-19-,33-31?. The number of ether oxygens (including phenoxy) is 1. The van der Waals surface area contributed by atoms with Crippen molar-refractivity contribution in [3.05, 3.63) is 58.0 Å². The number of hydrogen-bond acceptors (Lipinski definition) is 6. The lowest BCUT2D eigenvalue weighted by molar-refractivity contribution is -0.122. The lowest BCUT2D eigenvalue weighted by Crippen LogP contribution is -2.51. The molecule has 2 aromatic carbocycles. The number of nitrogens with zero attached hydrogens (tertiary/aromatic N) is 4. The van der Waals surface area contributed by atoms with E-state index in [0.29, 0.717) is 18.5 Å². The molecule has 1 atom stereocenters. The fraction of sp³-hybridized carbons (Fsp3) is 0.500. The highest BCUT2D eigenvalue weighted by molar-refractivity contribution is 8.18. The molecule has 2 fully saturated rings. The van der Waals surface area contributed by atoms with E-state index < -0.39 is 0 Å². The maximum absolute atomic E-state index is 13.4. The molecular weight excluding hydrogens is 504 g/mol. The molecule has 7 heteroatoms. The summed E-state index contributed by atoms with van der Waals surface area (Å²) in [6.07, 6.45) is 3.18. The molecule has 3 heterocycles. The maximum atomic E-state index is 13.4. The van der Waals surface area contributed by atoms with Gasteiger partial charge in [-0.1, -0.05) is 6.92 Å². The van der Waals surface area contributed by atoms with Gasteiger partial charge in [0.1, 0.15) is 0 Å². The second-order valence-electron chi connectivity index (χ2n) is 11.8. The number of amidine groups is 1. The van der Waals surface area contributed by atoms with Gasteiger partial charge in [-0.05, 0) is 125 Å². The van der Waals surface area contributed by atoms with Crippen LogP contribution in [0.2, 0.25) is 0 Å². The first-order chi connectivity index (χ1) is 18.6. The molecule has 1 unspecified atom stereocenters. The lowest BCUT2D eigenvalue weighted by atomic mass is 9.78. The number of carbonyl (C=O) groups excluding carboxylic acids is 1. The molecule has 2 saturated heterocycles. The first-order valence-electron chi connectivity index (χ1n) is 14.3. The molecule has 5 rings (SSSR count). The Hall–Kier alpha value is -2.77. The van der Waals surface area contributed by atoms with Crippen LogP contribution in [0.1, 0.15) is 70.6 Å². The van der Waals surface area contributed by atoms with Crippen LogP contribution in [0.3, 0.4) is 0 Å². The number of morpholine rings is 1. The van der Waals surface area contributed by atoms with Crippen molar-refractivity contribution in [3.8, 4) is 0 Å². The quantitative estimate of drug-likeness (QED) is 0.380. The molecule has 208 valence electrons. The molecule has 39 heavy (non-hydrogen) atoms. The number of rotatable bonds is 5. The van der Waals surface area contributed by atoms with Crippen molar-refractivity contribution >= 4 is 46.0 Å². The summed E-state index contributed by atoms with van der Waals surface area (Å²) in [5.41, 5.74) is 7.16. The van der Waals surface area contributed by atoms with Gasteiger partial charge in [0.05, 0.1) is 23.8 Å². The van der Waals surface area contributed by atoms with E-state index in [1.807, 2.05) is 19.1 Å². The average molecular weight is 547 g/mol. The topological polar surface area (TPSA) is 48.4 Å². The van der Waals surface area contributed by atoms with Crippen LogP contribution < -0.4 is 9.80 Å². The summed E-state index contributed by atoms with van der Waals surface area (Å²) < 4.78 is 5.47. The number of benzene rings is 2. The fourth-order valence-electron chi connectivity index (χ4n) is 6.43. The Morgan fingerprint density at radius 3 is 2.49 bits per heavy atom. The minimum absolute atomic E-state index is 0.0290. The zero-order valence-corrected chi connectivity index (χ0v) is 25.3. The molecule has 0 aliphatic carbocycles. The summed E-state index contributed by atoms with van der Waals surface area (Å²) in [4.78, 5) is 25.7. The number of thioether (sulfide) groups is 1. The number of fused-ring (bicyclic) bond motifs is 1. The second-order valence-corrected chi connectivity index (χ2v) is 12.8. The van der Waals surface area contributed by atoms with Gasteiger partial charge >= 0.3 is 0 Å². The zero-order chi connectivity index (χ0) is 27.9. The van der Waals surface area contributed by atoms with Gasteiger partial charge in [0.25, 0.3) is 5.91 Å². The van der Waals surface area contributed by atoms with E-state index in [-0.39, 0.29) is 11.4 Å². The van der Waals surface area contributed by atoms with Gasteiger partial charge in [-0.3, -0.25) is 9.69 Å². The van der Waals surface area contributed by atoms with Crippen molar-refractivity contribution in [1.29, 1.82) is 0 Å².